The van der Waals surface area contributed by atoms with Gasteiger partial charge in [0, 0.05) is 24.7 Å². The summed E-state index contributed by atoms with van der Waals surface area (Å²) in [5, 5.41) is 6.05. The number of benzene rings is 1. The van der Waals surface area contributed by atoms with E-state index >= 15 is 0 Å². The zero-order valence-corrected chi connectivity index (χ0v) is 15.5. The first kappa shape index (κ1) is 18.5. The number of urea groups is 1. The summed E-state index contributed by atoms with van der Waals surface area (Å²) in [4.78, 5) is 26.3. The van der Waals surface area contributed by atoms with Crippen LogP contribution < -0.4 is 20.3 Å². The van der Waals surface area contributed by atoms with Crippen LogP contribution in [0.15, 0.2) is 24.3 Å². The van der Waals surface area contributed by atoms with Crippen LogP contribution in [0.4, 0.5) is 10.5 Å². The maximum atomic E-state index is 12.3. The summed E-state index contributed by atoms with van der Waals surface area (Å²) in [6.07, 6.45) is 7.31. The van der Waals surface area contributed by atoms with Gasteiger partial charge in [-0.1, -0.05) is 25.7 Å². The monoisotopic (exact) mass is 359 g/mol. The van der Waals surface area contributed by atoms with Gasteiger partial charge in [-0.3, -0.25) is 4.79 Å². The number of nitrogens with one attached hydrogen (secondary N) is 2. The summed E-state index contributed by atoms with van der Waals surface area (Å²) in [6, 6.07) is 7.46. The third-order valence-electron chi connectivity index (χ3n) is 5.11. The minimum Gasteiger partial charge on any atom is -0.494 e. The van der Waals surface area contributed by atoms with E-state index in [1.54, 1.807) is 4.90 Å². The van der Waals surface area contributed by atoms with Gasteiger partial charge in [0.15, 0.2) is 0 Å². The molecule has 1 saturated heterocycles. The highest BCUT2D eigenvalue weighted by Crippen LogP contribution is 2.24. The van der Waals surface area contributed by atoms with E-state index in [9.17, 15) is 9.59 Å². The van der Waals surface area contributed by atoms with Gasteiger partial charge in [0.05, 0.1) is 12.6 Å². The lowest BCUT2D eigenvalue weighted by Crippen LogP contribution is -2.47. The molecule has 142 valence electrons. The van der Waals surface area contributed by atoms with Crippen molar-refractivity contribution >= 4 is 17.6 Å². The van der Waals surface area contributed by atoms with Crippen LogP contribution in [0.25, 0.3) is 0 Å². The molecule has 2 aliphatic rings. The van der Waals surface area contributed by atoms with Crippen LogP contribution in [-0.4, -0.2) is 37.2 Å². The second-order valence-electron chi connectivity index (χ2n) is 7.14. The van der Waals surface area contributed by atoms with Gasteiger partial charge in [0.2, 0.25) is 5.91 Å². The Morgan fingerprint density at radius 1 is 1.08 bits per heavy atom. The molecule has 6 nitrogen and oxygen atoms in total. The molecule has 0 unspecified atom stereocenters. The lowest BCUT2D eigenvalue weighted by molar-refractivity contribution is -0.117. The second-order valence-corrected chi connectivity index (χ2v) is 7.14. The van der Waals surface area contributed by atoms with E-state index in [1.807, 2.05) is 31.2 Å². The zero-order chi connectivity index (χ0) is 18.4. The van der Waals surface area contributed by atoms with Crippen LogP contribution >= 0.6 is 0 Å². The first-order valence-electron chi connectivity index (χ1n) is 9.76. The SMILES string of the molecule is CCOc1ccc(N2C[C@@H](NC(=O)NC3CCCCCC3)CC2=O)cc1. The van der Waals surface area contributed by atoms with Crippen molar-refractivity contribution in [2.45, 2.75) is 64.0 Å². The molecule has 0 aromatic heterocycles. The molecule has 1 heterocycles. The van der Waals surface area contributed by atoms with Crippen LogP contribution in [0.3, 0.4) is 0 Å². The summed E-state index contributed by atoms with van der Waals surface area (Å²) in [5.41, 5.74) is 0.840. The van der Waals surface area contributed by atoms with Crippen LogP contribution in [0.1, 0.15) is 51.9 Å². The van der Waals surface area contributed by atoms with E-state index in [-0.39, 0.29) is 24.0 Å². The molecule has 0 radical (unpaired) electrons. The number of amides is 3. The number of carbonyl (C=O) groups excluding carboxylic acids is 2. The Kier molecular flexibility index (Phi) is 6.36. The fraction of sp³-hybridized carbons (Fsp3) is 0.600. The number of nitrogens with zero attached hydrogens (tertiary/aromatic N) is 1. The summed E-state index contributed by atoms with van der Waals surface area (Å²) < 4.78 is 5.44. The maximum Gasteiger partial charge on any atom is 0.315 e. The fourth-order valence-corrected chi connectivity index (χ4v) is 3.78. The predicted octanol–water partition coefficient (Wildman–Crippen LogP) is 3.21. The van der Waals surface area contributed by atoms with Crippen molar-refractivity contribution in [1.29, 1.82) is 0 Å². The summed E-state index contributed by atoms with van der Waals surface area (Å²) >= 11 is 0. The molecule has 1 atom stereocenters. The molecule has 1 aromatic carbocycles. The largest absolute Gasteiger partial charge is 0.494 e. The first-order valence-corrected chi connectivity index (χ1v) is 9.76. The first-order chi connectivity index (χ1) is 12.7. The molecule has 1 saturated carbocycles. The molecule has 3 rings (SSSR count). The van der Waals surface area contributed by atoms with Crippen molar-refractivity contribution in [2.24, 2.45) is 0 Å². The number of rotatable bonds is 5. The van der Waals surface area contributed by atoms with E-state index < -0.39 is 0 Å². The minimum atomic E-state index is -0.153. The van der Waals surface area contributed by atoms with Crippen molar-refractivity contribution in [3.63, 3.8) is 0 Å². The predicted molar refractivity (Wildman–Crippen MR) is 102 cm³/mol. The Labute approximate surface area is 155 Å². The second kappa shape index (κ2) is 8.92. The number of carbonyl (C=O) groups is 2. The van der Waals surface area contributed by atoms with Gasteiger partial charge in [0.1, 0.15) is 5.75 Å². The van der Waals surface area contributed by atoms with Gasteiger partial charge in [-0.25, -0.2) is 4.79 Å². The van der Waals surface area contributed by atoms with Gasteiger partial charge in [-0.15, -0.1) is 0 Å². The fourth-order valence-electron chi connectivity index (χ4n) is 3.78. The molecule has 0 spiro atoms. The van der Waals surface area contributed by atoms with Gasteiger partial charge in [0.25, 0.3) is 0 Å². The third-order valence-corrected chi connectivity index (χ3v) is 5.11. The third kappa shape index (κ3) is 4.90. The molecule has 1 aliphatic carbocycles. The smallest absolute Gasteiger partial charge is 0.315 e. The van der Waals surface area contributed by atoms with Crippen molar-refractivity contribution in [3.8, 4) is 5.75 Å². The standard InChI is InChI=1S/C20H29N3O3/c1-2-26-18-11-9-17(10-12-18)23-14-16(13-19(23)24)22-20(25)21-15-7-5-3-4-6-8-15/h9-12,15-16H,2-8,13-14H2,1H3,(H2,21,22,25)/t16-/m0/s1. The Hall–Kier alpha value is -2.24. The molecule has 2 N–H and O–H groups in total. The van der Waals surface area contributed by atoms with E-state index in [4.69, 9.17) is 4.74 Å². The molecule has 1 aliphatic heterocycles. The van der Waals surface area contributed by atoms with E-state index in [2.05, 4.69) is 10.6 Å². The van der Waals surface area contributed by atoms with Gasteiger partial charge >= 0.3 is 6.03 Å². The topological polar surface area (TPSA) is 70.7 Å². The number of hydrogen-bond acceptors (Lipinski definition) is 3. The van der Waals surface area contributed by atoms with E-state index in [0.29, 0.717) is 19.6 Å². The van der Waals surface area contributed by atoms with E-state index in [1.165, 1.54) is 25.7 Å². The van der Waals surface area contributed by atoms with E-state index in [0.717, 1.165) is 24.3 Å². The summed E-state index contributed by atoms with van der Waals surface area (Å²) in [5.74, 6) is 0.828. The maximum absolute atomic E-state index is 12.3. The van der Waals surface area contributed by atoms with Crippen molar-refractivity contribution in [3.05, 3.63) is 24.3 Å². The van der Waals surface area contributed by atoms with Crippen molar-refractivity contribution in [1.82, 2.24) is 10.6 Å². The van der Waals surface area contributed by atoms with Gasteiger partial charge in [-0.2, -0.15) is 0 Å². The van der Waals surface area contributed by atoms with Gasteiger partial charge in [-0.05, 0) is 44.0 Å². The molecular weight excluding hydrogens is 330 g/mol. The quantitative estimate of drug-likeness (QED) is 0.793. The highest BCUT2D eigenvalue weighted by molar-refractivity contribution is 5.96. The minimum absolute atomic E-state index is 0.0360. The van der Waals surface area contributed by atoms with Crippen molar-refractivity contribution in [2.75, 3.05) is 18.1 Å². The van der Waals surface area contributed by atoms with Crippen LogP contribution in [0.2, 0.25) is 0 Å². The normalized spacial score (nSPS) is 21.3. The molecule has 0 bridgehead atoms. The van der Waals surface area contributed by atoms with Crippen LogP contribution in [0, 0.1) is 0 Å². The Morgan fingerprint density at radius 2 is 1.73 bits per heavy atom. The number of ether oxygens (including phenoxy) is 1. The van der Waals surface area contributed by atoms with Crippen molar-refractivity contribution < 1.29 is 14.3 Å². The highest BCUT2D eigenvalue weighted by Gasteiger charge is 2.32. The molecule has 2 fully saturated rings. The molecule has 6 heteroatoms. The lowest BCUT2D eigenvalue weighted by Gasteiger charge is -2.20. The Balaban J connectivity index is 1.51. The Morgan fingerprint density at radius 3 is 2.38 bits per heavy atom. The van der Waals surface area contributed by atoms with Crippen LogP contribution in [-0.2, 0) is 4.79 Å². The molecule has 1 aromatic rings. The highest BCUT2D eigenvalue weighted by atomic mass is 16.5. The summed E-state index contributed by atoms with van der Waals surface area (Å²) in [6.45, 7) is 3.06. The van der Waals surface area contributed by atoms with Crippen LogP contribution in [0.5, 0.6) is 5.75 Å². The molecule has 26 heavy (non-hydrogen) atoms. The molecule has 3 amide bonds. The molecular formula is C20H29N3O3. The average Bonchev–Trinajstić information content (AvgIpc) is 2.82. The number of anilines is 1. The average molecular weight is 359 g/mol. The number of hydrogen-bond donors (Lipinski definition) is 2. The lowest BCUT2D eigenvalue weighted by atomic mass is 10.1. The summed E-state index contributed by atoms with van der Waals surface area (Å²) in [7, 11) is 0. The van der Waals surface area contributed by atoms with Gasteiger partial charge < -0.3 is 20.3 Å². The Bertz CT molecular complexity index is 609. The zero-order valence-electron chi connectivity index (χ0n) is 15.5.